The minimum Gasteiger partial charge on any atom is -0.392 e. The Bertz CT molecular complexity index is 149. The number of hydrogen-bond acceptors (Lipinski definition) is 3. The number of aliphatic hydroxyl groups excluding tert-OH is 1. The Morgan fingerprint density at radius 3 is 1.73 bits per heavy atom. The molecule has 0 saturated carbocycles. The van der Waals surface area contributed by atoms with Gasteiger partial charge in [0.15, 0.2) is 0 Å². The molecule has 0 aliphatic carbocycles. The van der Waals surface area contributed by atoms with Crippen LogP contribution in [-0.2, 0) is 9.59 Å². The number of ketones is 2. The van der Waals surface area contributed by atoms with Crippen LogP contribution in [0, 0.1) is 5.92 Å². The summed E-state index contributed by atoms with van der Waals surface area (Å²) in [6.45, 7) is 4.39. The van der Waals surface area contributed by atoms with E-state index < -0.39 is 12.0 Å². The van der Waals surface area contributed by atoms with E-state index in [0.29, 0.717) is 6.42 Å². The number of aliphatic hydroxyl groups is 1. The molecule has 0 saturated heterocycles. The van der Waals surface area contributed by atoms with Gasteiger partial charge in [-0.3, -0.25) is 9.59 Å². The zero-order chi connectivity index (χ0) is 9.02. The van der Waals surface area contributed by atoms with Crippen molar-refractivity contribution in [2.45, 2.75) is 33.3 Å². The molecule has 0 aliphatic rings. The first-order chi connectivity index (χ1) is 5.00. The molecule has 0 fully saturated rings. The van der Waals surface area contributed by atoms with Gasteiger partial charge in [-0.05, 0) is 20.3 Å². The van der Waals surface area contributed by atoms with Crippen molar-refractivity contribution in [2.24, 2.45) is 5.92 Å². The van der Waals surface area contributed by atoms with Gasteiger partial charge in [0.05, 0.1) is 6.10 Å². The normalized spacial score (nSPS) is 13.2. The van der Waals surface area contributed by atoms with Crippen molar-refractivity contribution in [1.29, 1.82) is 0 Å². The number of carbonyl (C=O) groups excluding carboxylic acids is 2. The van der Waals surface area contributed by atoms with Gasteiger partial charge in [-0.15, -0.1) is 0 Å². The molecule has 0 aromatic rings. The second kappa shape index (κ2) is 4.23. The predicted octanol–water partition coefficient (Wildman–Crippen LogP) is 0.551. The van der Waals surface area contributed by atoms with E-state index in [1.807, 2.05) is 0 Å². The van der Waals surface area contributed by atoms with E-state index in [0.717, 1.165) is 0 Å². The van der Waals surface area contributed by atoms with Crippen molar-refractivity contribution in [3.05, 3.63) is 0 Å². The van der Waals surface area contributed by atoms with E-state index in [-0.39, 0.29) is 11.6 Å². The predicted molar refractivity (Wildman–Crippen MR) is 41.1 cm³/mol. The summed E-state index contributed by atoms with van der Waals surface area (Å²) >= 11 is 0. The van der Waals surface area contributed by atoms with Gasteiger partial charge in [0.25, 0.3) is 0 Å². The first kappa shape index (κ1) is 10.3. The van der Waals surface area contributed by atoms with Crippen molar-refractivity contribution in [3.8, 4) is 0 Å². The molecule has 1 unspecified atom stereocenters. The molecule has 0 heterocycles. The van der Waals surface area contributed by atoms with Crippen LogP contribution in [0.15, 0.2) is 0 Å². The van der Waals surface area contributed by atoms with Crippen LogP contribution in [0.5, 0.6) is 0 Å². The fourth-order valence-electron chi connectivity index (χ4n) is 1.06. The lowest BCUT2D eigenvalue weighted by Gasteiger charge is -2.15. The smallest absolute Gasteiger partial charge is 0.142 e. The summed E-state index contributed by atoms with van der Waals surface area (Å²) in [6.07, 6.45) is -0.380. The zero-order valence-corrected chi connectivity index (χ0v) is 7.13. The van der Waals surface area contributed by atoms with Crippen LogP contribution in [0.25, 0.3) is 0 Å². The summed E-state index contributed by atoms with van der Waals surface area (Å²) in [5.41, 5.74) is 0. The standard InChI is InChI=1S/C8H14O3/c1-4-7(11)8(5(2)9)6(3)10/h7-8,11H,4H2,1-3H3. The highest BCUT2D eigenvalue weighted by atomic mass is 16.3. The molecule has 1 N–H and O–H groups in total. The molecule has 0 bridgehead atoms. The maximum atomic E-state index is 10.8. The van der Waals surface area contributed by atoms with Gasteiger partial charge in [-0.1, -0.05) is 6.92 Å². The van der Waals surface area contributed by atoms with Crippen LogP contribution in [0.2, 0.25) is 0 Å². The maximum Gasteiger partial charge on any atom is 0.142 e. The largest absolute Gasteiger partial charge is 0.392 e. The number of hydrogen-bond donors (Lipinski definition) is 1. The fourth-order valence-corrected chi connectivity index (χ4v) is 1.06. The number of carbonyl (C=O) groups is 2. The van der Waals surface area contributed by atoms with Crippen molar-refractivity contribution < 1.29 is 14.7 Å². The van der Waals surface area contributed by atoms with Crippen molar-refractivity contribution in [1.82, 2.24) is 0 Å². The van der Waals surface area contributed by atoms with E-state index in [2.05, 4.69) is 0 Å². The molecule has 64 valence electrons. The lowest BCUT2D eigenvalue weighted by molar-refractivity contribution is -0.134. The van der Waals surface area contributed by atoms with Gasteiger partial charge in [0.2, 0.25) is 0 Å². The number of Topliss-reactive ketones (excluding diaryl/α,β-unsaturated/α-hetero) is 2. The summed E-state index contributed by atoms with van der Waals surface area (Å²) in [4.78, 5) is 21.6. The summed E-state index contributed by atoms with van der Waals surface area (Å²) < 4.78 is 0. The van der Waals surface area contributed by atoms with Gasteiger partial charge in [-0.25, -0.2) is 0 Å². The van der Waals surface area contributed by atoms with E-state index in [1.54, 1.807) is 6.92 Å². The third kappa shape index (κ3) is 2.80. The van der Waals surface area contributed by atoms with Crippen molar-refractivity contribution in [2.75, 3.05) is 0 Å². The molecular formula is C8H14O3. The van der Waals surface area contributed by atoms with Crippen LogP contribution >= 0.6 is 0 Å². The molecule has 0 radical (unpaired) electrons. The molecule has 0 aromatic heterocycles. The Morgan fingerprint density at radius 1 is 1.27 bits per heavy atom. The highest BCUT2D eigenvalue weighted by Crippen LogP contribution is 2.09. The van der Waals surface area contributed by atoms with Crippen molar-refractivity contribution in [3.63, 3.8) is 0 Å². The van der Waals surface area contributed by atoms with E-state index >= 15 is 0 Å². The summed E-state index contributed by atoms with van der Waals surface area (Å²) in [5, 5.41) is 9.22. The van der Waals surface area contributed by atoms with Gasteiger partial charge in [0.1, 0.15) is 17.5 Å². The molecular weight excluding hydrogens is 144 g/mol. The van der Waals surface area contributed by atoms with Crippen LogP contribution in [-0.4, -0.2) is 22.8 Å². The Morgan fingerprint density at radius 2 is 1.64 bits per heavy atom. The van der Waals surface area contributed by atoms with Crippen LogP contribution in [0.1, 0.15) is 27.2 Å². The van der Waals surface area contributed by atoms with Gasteiger partial charge >= 0.3 is 0 Å². The lowest BCUT2D eigenvalue weighted by Crippen LogP contribution is -2.31. The molecule has 11 heavy (non-hydrogen) atoms. The second-order valence-corrected chi connectivity index (χ2v) is 2.67. The first-order valence-corrected chi connectivity index (χ1v) is 3.69. The quantitative estimate of drug-likeness (QED) is 0.608. The molecule has 0 aliphatic heterocycles. The minimum atomic E-state index is -0.819. The third-order valence-corrected chi connectivity index (χ3v) is 1.68. The second-order valence-electron chi connectivity index (χ2n) is 2.67. The topological polar surface area (TPSA) is 54.4 Å². The van der Waals surface area contributed by atoms with E-state index in [9.17, 15) is 14.7 Å². The highest BCUT2D eigenvalue weighted by molar-refractivity contribution is 6.00. The molecule has 3 heteroatoms. The monoisotopic (exact) mass is 158 g/mol. The Balaban J connectivity index is 4.34. The Labute approximate surface area is 66.4 Å². The van der Waals surface area contributed by atoms with Crippen LogP contribution in [0.4, 0.5) is 0 Å². The molecule has 0 amide bonds. The average Bonchev–Trinajstić information content (AvgIpc) is 1.85. The zero-order valence-electron chi connectivity index (χ0n) is 7.13. The number of rotatable bonds is 4. The van der Waals surface area contributed by atoms with E-state index in [4.69, 9.17) is 0 Å². The fraction of sp³-hybridized carbons (Fsp3) is 0.750. The maximum absolute atomic E-state index is 10.8. The van der Waals surface area contributed by atoms with Crippen LogP contribution < -0.4 is 0 Å². The molecule has 1 atom stereocenters. The van der Waals surface area contributed by atoms with E-state index in [1.165, 1.54) is 13.8 Å². The Kier molecular flexibility index (Phi) is 3.97. The summed E-state index contributed by atoms with van der Waals surface area (Å²) in [7, 11) is 0. The summed E-state index contributed by atoms with van der Waals surface area (Å²) in [6, 6.07) is 0. The molecule has 0 rings (SSSR count). The van der Waals surface area contributed by atoms with Crippen molar-refractivity contribution >= 4 is 11.6 Å². The van der Waals surface area contributed by atoms with Gasteiger partial charge in [0, 0.05) is 0 Å². The van der Waals surface area contributed by atoms with Gasteiger partial charge < -0.3 is 5.11 Å². The van der Waals surface area contributed by atoms with Gasteiger partial charge in [-0.2, -0.15) is 0 Å². The molecule has 0 spiro atoms. The third-order valence-electron chi connectivity index (χ3n) is 1.68. The molecule has 0 aromatic carbocycles. The Hall–Kier alpha value is -0.700. The van der Waals surface area contributed by atoms with Crippen LogP contribution in [0.3, 0.4) is 0 Å². The summed E-state index contributed by atoms with van der Waals surface area (Å²) in [5.74, 6) is -1.33. The molecule has 3 nitrogen and oxygen atoms in total. The SMILES string of the molecule is CCC(O)C(C(C)=O)C(C)=O. The lowest BCUT2D eigenvalue weighted by atomic mass is 9.93. The first-order valence-electron chi connectivity index (χ1n) is 3.69. The minimum absolute atomic E-state index is 0.258. The highest BCUT2D eigenvalue weighted by Gasteiger charge is 2.26. The average molecular weight is 158 g/mol.